The van der Waals surface area contributed by atoms with Gasteiger partial charge < -0.3 is 10.1 Å². The fourth-order valence-electron chi connectivity index (χ4n) is 1.56. The fraction of sp³-hybridized carbons (Fsp3) is 0.800. The summed E-state index contributed by atoms with van der Waals surface area (Å²) in [6.07, 6.45) is 12.7. The molecule has 18 heavy (non-hydrogen) atoms. The molecule has 0 aliphatic heterocycles. The maximum atomic E-state index is 11.3. The van der Waals surface area contributed by atoms with Gasteiger partial charge in [0.2, 0.25) is 0 Å². The molecular formula is C15H27NO2. The van der Waals surface area contributed by atoms with Crippen LogP contribution in [-0.4, -0.2) is 18.2 Å². The van der Waals surface area contributed by atoms with Crippen LogP contribution in [0, 0.1) is 12.3 Å². The Bertz CT molecular complexity index is 261. The summed E-state index contributed by atoms with van der Waals surface area (Å²) < 4.78 is 5.14. The number of ether oxygens (including phenoxy) is 1. The number of amides is 1. The zero-order valence-corrected chi connectivity index (χ0v) is 12.1. The minimum absolute atomic E-state index is 0.323. The van der Waals surface area contributed by atoms with E-state index in [2.05, 4.69) is 11.2 Å². The van der Waals surface area contributed by atoms with Crippen molar-refractivity contribution < 1.29 is 9.53 Å². The highest BCUT2D eigenvalue weighted by atomic mass is 16.6. The molecule has 3 heteroatoms. The molecule has 0 radical (unpaired) electrons. The molecule has 0 heterocycles. The van der Waals surface area contributed by atoms with Crippen molar-refractivity contribution in [1.29, 1.82) is 0 Å². The maximum absolute atomic E-state index is 11.3. The van der Waals surface area contributed by atoms with E-state index in [0.29, 0.717) is 6.54 Å². The summed E-state index contributed by atoms with van der Waals surface area (Å²) in [7, 11) is 0. The van der Waals surface area contributed by atoms with Gasteiger partial charge in [-0.25, -0.2) is 4.79 Å². The van der Waals surface area contributed by atoms with Crippen LogP contribution in [0.5, 0.6) is 0 Å². The largest absolute Gasteiger partial charge is 0.444 e. The lowest BCUT2D eigenvalue weighted by Gasteiger charge is -2.19. The summed E-state index contributed by atoms with van der Waals surface area (Å²) in [5.41, 5.74) is -0.416. The lowest BCUT2D eigenvalue weighted by atomic mass is 10.1. The zero-order chi connectivity index (χ0) is 13.9. The first-order valence-corrected chi connectivity index (χ1v) is 6.86. The van der Waals surface area contributed by atoms with E-state index in [0.717, 1.165) is 25.7 Å². The lowest BCUT2D eigenvalue weighted by molar-refractivity contribution is 0.0527. The number of terminal acetylenes is 1. The van der Waals surface area contributed by atoms with Crippen LogP contribution in [0.2, 0.25) is 0 Å². The monoisotopic (exact) mass is 253 g/mol. The molecule has 1 N–H and O–H groups in total. The van der Waals surface area contributed by atoms with E-state index in [1.165, 1.54) is 19.3 Å². The van der Waals surface area contributed by atoms with Crippen LogP contribution in [0.25, 0.3) is 0 Å². The molecule has 0 unspecified atom stereocenters. The van der Waals surface area contributed by atoms with E-state index in [9.17, 15) is 4.79 Å². The minimum atomic E-state index is -0.416. The molecule has 0 aromatic heterocycles. The summed E-state index contributed by atoms with van der Waals surface area (Å²) in [5, 5.41) is 2.76. The normalized spacial score (nSPS) is 10.8. The number of alkyl carbamates (subject to hydrolysis) is 1. The van der Waals surface area contributed by atoms with Gasteiger partial charge in [-0.1, -0.05) is 25.7 Å². The first-order valence-electron chi connectivity index (χ1n) is 6.86. The molecule has 0 aromatic rings. The number of hydrogen-bond donors (Lipinski definition) is 1. The van der Waals surface area contributed by atoms with Crippen LogP contribution < -0.4 is 5.32 Å². The van der Waals surface area contributed by atoms with E-state index >= 15 is 0 Å². The second kappa shape index (κ2) is 9.82. The van der Waals surface area contributed by atoms with Crippen molar-refractivity contribution in [2.75, 3.05) is 6.54 Å². The van der Waals surface area contributed by atoms with Gasteiger partial charge in [-0.2, -0.15) is 0 Å². The van der Waals surface area contributed by atoms with Crippen molar-refractivity contribution in [3.63, 3.8) is 0 Å². The molecule has 0 spiro atoms. The van der Waals surface area contributed by atoms with Crippen LogP contribution >= 0.6 is 0 Å². The third-order valence-corrected chi connectivity index (χ3v) is 2.42. The first-order chi connectivity index (χ1) is 8.45. The Morgan fingerprint density at radius 3 is 2.22 bits per heavy atom. The van der Waals surface area contributed by atoms with Crippen LogP contribution in [0.1, 0.15) is 65.7 Å². The van der Waals surface area contributed by atoms with Crippen molar-refractivity contribution in [2.45, 2.75) is 71.3 Å². The number of unbranched alkanes of at least 4 members (excludes halogenated alkanes) is 6. The standard InChI is InChI=1S/C15H27NO2/c1-5-6-7-8-9-10-11-12-13-16-14(17)18-15(2,3)4/h1H,6-13H2,2-4H3,(H,16,17). The second-order valence-corrected chi connectivity index (χ2v) is 5.50. The Balaban J connectivity index is 3.26. The Morgan fingerprint density at radius 1 is 1.11 bits per heavy atom. The first kappa shape index (κ1) is 16.8. The molecule has 104 valence electrons. The summed E-state index contributed by atoms with van der Waals surface area (Å²) in [4.78, 5) is 11.3. The molecule has 0 saturated carbocycles. The van der Waals surface area contributed by atoms with Crippen molar-refractivity contribution in [2.24, 2.45) is 0 Å². The fourth-order valence-corrected chi connectivity index (χ4v) is 1.56. The van der Waals surface area contributed by atoms with Gasteiger partial charge in [-0.15, -0.1) is 12.3 Å². The van der Waals surface area contributed by atoms with Crippen LogP contribution in [0.15, 0.2) is 0 Å². The summed E-state index contributed by atoms with van der Waals surface area (Å²) >= 11 is 0. The van der Waals surface area contributed by atoms with Crippen LogP contribution in [0.4, 0.5) is 4.79 Å². The Hall–Kier alpha value is -1.17. The molecule has 0 atom stereocenters. The van der Waals surface area contributed by atoms with Gasteiger partial charge in [0.15, 0.2) is 0 Å². The Labute approximate surface area is 112 Å². The van der Waals surface area contributed by atoms with Gasteiger partial charge in [0.25, 0.3) is 0 Å². The van der Waals surface area contributed by atoms with E-state index in [-0.39, 0.29) is 6.09 Å². The van der Waals surface area contributed by atoms with E-state index in [4.69, 9.17) is 11.2 Å². The van der Waals surface area contributed by atoms with E-state index in [1.807, 2.05) is 20.8 Å². The van der Waals surface area contributed by atoms with Gasteiger partial charge in [0, 0.05) is 13.0 Å². The van der Waals surface area contributed by atoms with Gasteiger partial charge >= 0.3 is 6.09 Å². The molecule has 3 nitrogen and oxygen atoms in total. The molecule has 0 aliphatic rings. The lowest BCUT2D eigenvalue weighted by Crippen LogP contribution is -2.32. The molecule has 0 fully saturated rings. The Kier molecular flexibility index (Phi) is 9.18. The Morgan fingerprint density at radius 2 is 1.67 bits per heavy atom. The molecule has 0 rings (SSSR count). The van der Waals surface area contributed by atoms with Gasteiger partial charge in [-0.3, -0.25) is 0 Å². The second-order valence-electron chi connectivity index (χ2n) is 5.50. The van der Waals surface area contributed by atoms with Crippen LogP contribution in [0.3, 0.4) is 0 Å². The SMILES string of the molecule is C#CCCCCCCCCNC(=O)OC(C)(C)C. The minimum Gasteiger partial charge on any atom is -0.444 e. The number of rotatable bonds is 8. The number of nitrogens with one attached hydrogen (secondary N) is 1. The number of hydrogen-bond acceptors (Lipinski definition) is 2. The summed E-state index contributed by atoms with van der Waals surface area (Å²) in [6, 6.07) is 0. The summed E-state index contributed by atoms with van der Waals surface area (Å²) in [6.45, 7) is 6.29. The van der Waals surface area contributed by atoms with Gasteiger partial charge in [0.1, 0.15) is 5.60 Å². The highest BCUT2D eigenvalue weighted by molar-refractivity contribution is 5.67. The zero-order valence-electron chi connectivity index (χ0n) is 12.1. The highest BCUT2D eigenvalue weighted by Gasteiger charge is 2.15. The van der Waals surface area contributed by atoms with Crippen molar-refractivity contribution >= 4 is 6.09 Å². The van der Waals surface area contributed by atoms with E-state index in [1.54, 1.807) is 0 Å². The number of carbonyl (C=O) groups excluding carboxylic acids is 1. The van der Waals surface area contributed by atoms with Crippen molar-refractivity contribution in [3.05, 3.63) is 0 Å². The quantitative estimate of drug-likeness (QED) is 0.526. The smallest absolute Gasteiger partial charge is 0.407 e. The third kappa shape index (κ3) is 12.9. The molecule has 0 bridgehead atoms. The average Bonchev–Trinajstić information content (AvgIpc) is 2.24. The number of carbonyl (C=O) groups is 1. The third-order valence-electron chi connectivity index (χ3n) is 2.42. The van der Waals surface area contributed by atoms with Crippen molar-refractivity contribution in [1.82, 2.24) is 5.32 Å². The highest BCUT2D eigenvalue weighted by Crippen LogP contribution is 2.08. The average molecular weight is 253 g/mol. The maximum Gasteiger partial charge on any atom is 0.407 e. The molecular weight excluding hydrogens is 226 g/mol. The molecule has 0 aromatic carbocycles. The van der Waals surface area contributed by atoms with E-state index < -0.39 is 5.60 Å². The van der Waals surface area contributed by atoms with Crippen LogP contribution in [-0.2, 0) is 4.74 Å². The molecule has 1 amide bonds. The predicted molar refractivity (Wildman–Crippen MR) is 75.4 cm³/mol. The molecule has 0 aliphatic carbocycles. The van der Waals surface area contributed by atoms with Gasteiger partial charge in [-0.05, 0) is 33.6 Å². The predicted octanol–water partition coefficient (Wildman–Crippen LogP) is 3.88. The van der Waals surface area contributed by atoms with Crippen molar-refractivity contribution in [3.8, 4) is 12.3 Å². The molecule has 0 saturated heterocycles. The van der Waals surface area contributed by atoms with Gasteiger partial charge in [0.05, 0.1) is 0 Å². The summed E-state index contributed by atoms with van der Waals surface area (Å²) in [5.74, 6) is 2.65. The topological polar surface area (TPSA) is 38.3 Å².